The van der Waals surface area contributed by atoms with Gasteiger partial charge < -0.3 is 15.4 Å². The molecule has 0 fully saturated rings. The highest BCUT2D eigenvalue weighted by Crippen LogP contribution is 2.29. The number of allylic oxidation sites excluding steroid dienone is 1. The Balaban J connectivity index is 2.25. The second kappa shape index (κ2) is 8.01. The van der Waals surface area contributed by atoms with Crippen molar-refractivity contribution >= 4 is 23.8 Å². The molecule has 0 saturated carbocycles. The van der Waals surface area contributed by atoms with E-state index in [0.717, 1.165) is 5.75 Å². The van der Waals surface area contributed by atoms with E-state index in [0.29, 0.717) is 11.4 Å². The van der Waals surface area contributed by atoms with Crippen molar-refractivity contribution in [2.75, 3.05) is 18.1 Å². The molecule has 0 unspecified atom stereocenters. The molecule has 1 aliphatic rings. The number of hydrogen-bond acceptors (Lipinski definition) is 4. The maximum Gasteiger partial charge on any atom is 0.338 e. The van der Waals surface area contributed by atoms with Crippen LogP contribution in [0, 0.1) is 5.82 Å². The van der Waals surface area contributed by atoms with Gasteiger partial charge in [-0.3, -0.25) is 0 Å². The third-order valence-corrected chi connectivity index (χ3v) is 4.23. The predicted molar refractivity (Wildman–Crippen MR) is 87.5 cm³/mol. The Morgan fingerprint density at radius 2 is 2.13 bits per heavy atom. The van der Waals surface area contributed by atoms with Crippen LogP contribution in [0.3, 0.4) is 0 Å². The van der Waals surface area contributed by atoms with Crippen molar-refractivity contribution in [3.63, 3.8) is 0 Å². The Morgan fingerprint density at radius 1 is 1.39 bits per heavy atom. The highest BCUT2D eigenvalue weighted by atomic mass is 32.2. The summed E-state index contributed by atoms with van der Waals surface area (Å²) in [4.78, 5) is 24.1. The van der Waals surface area contributed by atoms with E-state index in [1.807, 2.05) is 6.92 Å². The molecule has 1 atom stereocenters. The minimum absolute atomic E-state index is 0.219. The average molecular weight is 338 g/mol. The van der Waals surface area contributed by atoms with Gasteiger partial charge in [-0.2, -0.15) is 11.8 Å². The lowest BCUT2D eigenvalue weighted by atomic mass is 9.95. The van der Waals surface area contributed by atoms with Gasteiger partial charge in [0.1, 0.15) is 12.4 Å². The summed E-state index contributed by atoms with van der Waals surface area (Å²) in [6.07, 6.45) is 0. The summed E-state index contributed by atoms with van der Waals surface area (Å²) in [6.45, 7) is 3.89. The van der Waals surface area contributed by atoms with E-state index < -0.39 is 23.9 Å². The molecule has 1 aromatic rings. The van der Waals surface area contributed by atoms with Crippen molar-refractivity contribution in [2.45, 2.75) is 19.9 Å². The Labute approximate surface area is 138 Å². The molecule has 124 valence electrons. The molecular formula is C16H19FN2O3S. The van der Waals surface area contributed by atoms with Crippen LogP contribution < -0.4 is 10.6 Å². The molecule has 5 nitrogen and oxygen atoms in total. The number of halogens is 1. The van der Waals surface area contributed by atoms with Crippen LogP contribution in [0.2, 0.25) is 0 Å². The zero-order valence-corrected chi connectivity index (χ0v) is 13.8. The van der Waals surface area contributed by atoms with E-state index in [1.165, 1.54) is 6.07 Å². The SMILES string of the molecule is CCSCCOC(=O)C1=C(C)NC(=O)N[C@H]1c1ccccc1F. The summed E-state index contributed by atoms with van der Waals surface area (Å²) < 4.78 is 19.3. The van der Waals surface area contributed by atoms with E-state index in [9.17, 15) is 14.0 Å². The van der Waals surface area contributed by atoms with Gasteiger partial charge in [0, 0.05) is 17.0 Å². The normalized spacial score (nSPS) is 17.5. The van der Waals surface area contributed by atoms with Gasteiger partial charge in [0.15, 0.2) is 0 Å². The van der Waals surface area contributed by atoms with Crippen LogP contribution in [0.25, 0.3) is 0 Å². The molecule has 2 N–H and O–H groups in total. The largest absolute Gasteiger partial charge is 0.461 e. The summed E-state index contributed by atoms with van der Waals surface area (Å²) in [5.41, 5.74) is 0.822. The molecule has 1 aromatic carbocycles. The highest BCUT2D eigenvalue weighted by Gasteiger charge is 2.33. The monoisotopic (exact) mass is 338 g/mol. The van der Waals surface area contributed by atoms with Crippen molar-refractivity contribution in [2.24, 2.45) is 0 Å². The van der Waals surface area contributed by atoms with E-state index in [1.54, 1.807) is 36.9 Å². The highest BCUT2D eigenvalue weighted by molar-refractivity contribution is 7.99. The van der Waals surface area contributed by atoms with Crippen molar-refractivity contribution < 1.29 is 18.7 Å². The fraction of sp³-hybridized carbons (Fsp3) is 0.375. The first-order valence-corrected chi connectivity index (χ1v) is 8.47. The first-order valence-electron chi connectivity index (χ1n) is 7.32. The number of thioether (sulfide) groups is 1. The van der Waals surface area contributed by atoms with Crippen LogP contribution in [-0.4, -0.2) is 30.1 Å². The Bertz CT molecular complexity index is 634. The number of esters is 1. The summed E-state index contributed by atoms with van der Waals surface area (Å²) >= 11 is 1.66. The fourth-order valence-corrected chi connectivity index (χ4v) is 2.81. The Hall–Kier alpha value is -2.02. The standard InChI is InChI=1S/C16H19FN2O3S/c1-3-23-9-8-22-15(20)13-10(2)18-16(21)19-14(13)11-6-4-5-7-12(11)17/h4-7,14H,3,8-9H2,1-2H3,(H2,18,19,21)/t14-/m0/s1. The molecule has 0 aliphatic carbocycles. The average Bonchev–Trinajstić information content (AvgIpc) is 2.51. The van der Waals surface area contributed by atoms with Crippen molar-refractivity contribution in [1.82, 2.24) is 10.6 Å². The molecule has 0 radical (unpaired) electrons. The van der Waals surface area contributed by atoms with Gasteiger partial charge in [-0.1, -0.05) is 25.1 Å². The molecule has 0 saturated heterocycles. The minimum Gasteiger partial charge on any atom is -0.461 e. The second-order valence-corrected chi connectivity index (χ2v) is 6.32. The van der Waals surface area contributed by atoms with Gasteiger partial charge in [0.25, 0.3) is 0 Å². The number of benzene rings is 1. The number of rotatable bonds is 6. The third kappa shape index (κ3) is 4.25. The maximum absolute atomic E-state index is 14.1. The van der Waals surface area contributed by atoms with Crippen molar-refractivity contribution in [3.05, 3.63) is 46.9 Å². The summed E-state index contributed by atoms with van der Waals surface area (Å²) in [7, 11) is 0. The van der Waals surface area contributed by atoms with Gasteiger partial charge in [0.2, 0.25) is 0 Å². The first kappa shape index (κ1) is 17.3. The molecular weight excluding hydrogens is 319 g/mol. The fourth-order valence-electron chi connectivity index (χ4n) is 2.32. The van der Waals surface area contributed by atoms with Gasteiger partial charge in [-0.15, -0.1) is 0 Å². The number of hydrogen-bond donors (Lipinski definition) is 2. The number of urea groups is 1. The van der Waals surface area contributed by atoms with Crippen LogP contribution in [-0.2, 0) is 9.53 Å². The summed E-state index contributed by atoms with van der Waals surface area (Å²) in [6, 6.07) is 4.70. The molecule has 2 rings (SSSR count). The molecule has 1 heterocycles. The Morgan fingerprint density at radius 3 is 2.83 bits per heavy atom. The van der Waals surface area contributed by atoms with E-state index >= 15 is 0 Å². The molecule has 0 spiro atoms. The maximum atomic E-state index is 14.1. The molecule has 0 aromatic heterocycles. The number of carbonyl (C=O) groups is 2. The number of amides is 2. The predicted octanol–water partition coefficient (Wildman–Crippen LogP) is 2.75. The van der Waals surface area contributed by atoms with E-state index in [4.69, 9.17) is 4.74 Å². The van der Waals surface area contributed by atoms with Crippen molar-refractivity contribution in [3.8, 4) is 0 Å². The van der Waals surface area contributed by atoms with Crippen molar-refractivity contribution in [1.29, 1.82) is 0 Å². The number of carbonyl (C=O) groups excluding carboxylic acids is 2. The lowest BCUT2D eigenvalue weighted by Crippen LogP contribution is -2.45. The van der Waals surface area contributed by atoms with E-state index in [-0.39, 0.29) is 17.7 Å². The molecule has 7 heteroatoms. The van der Waals surface area contributed by atoms with Crippen LogP contribution in [0.4, 0.5) is 9.18 Å². The summed E-state index contributed by atoms with van der Waals surface area (Å²) in [5.74, 6) is 0.590. The lowest BCUT2D eigenvalue weighted by Gasteiger charge is -2.28. The molecule has 2 amide bonds. The quantitative estimate of drug-likeness (QED) is 0.618. The smallest absolute Gasteiger partial charge is 0.338 e. The van der Waals surface area contributed by atoms with Crippen LogP contribution >= 0.6 is 11.8 Å². The number of ether oxygens (including phenoxy) is 1. The van der Waals surface area contributed by atoms with E-state index in [2.05, 4.69) is 10.6 Å². The van der Waals surface area contributed by atoms with Gasteiger partial charge in [-0.05, 0) is 18.7 Å². The van der Waals surface area contributed by atoms with Gasteiger partial charge in [0.05, 0.1) is 11.6 Å². The lowest BCUT2D eigenvalue weighted by molar-refractivity contribution is -0.138. The van der Waals surface area contributed by atoms with Crippen LogP contribution in [0.15, 0.2) is 35.5 Å². The third-order valence-electron chi connectivity index (χ3n) is 3.37. The second-order valence-electron chi connectivity index (χ2n) is 4.92. The number of nitrogens with one attached hydrogen (secondary N) is 2. The van der Waals surface area contributed by atoms with Gasteiger partial charge >= 0.3 is 12.0 Å². The zero-order valence-electron chi connectivity index (χ0n) is 13.0. The summed E-state index contributed by atoms with van der Waals surface area (Å²) in [5, 5.41) is 5.11. The topological polar surface area (TPSA) is 67.4 Å². The van der Waals surface area contributed by atoms with Crippen LogP contribution in [0.1, 0.15) is 25.5 Å². The molecule has 0 bridgehead atoms. The van der Waals surface area contributed by atoms with Gasteiger partial charge in [-0.25, -0.2) is 14.0 Å². The Kier molecular flexibility index (Phi) is 6.04. The molecule has 23 heavy (non-hydrogen) atoms. The zero-order chi connectivity index (χ0) is 16.8. The van der Waals surface area contributed by atoms with Crippen LogP contribution in [0.5, 0.6) is 0 Å². The molecule has 1 aliphatic heterocycles. The minimum atomic E-state index is -0.865. The first-order chi connectivity index (χ1) is 11.0.